The van der Waals surface area contributed by atoms with Gasteiger partial charge in [-0.25, -0.2) is 0 Å². The Hall–Kier alpha value is -1.35. The fourth-order valence-electron chi connectivity index (χ4n) is 2.46. The topological polar surface area (TPSA) is 40.5 Å². The number of hydrogen-bond donors (Lipinski definition) is 1. The molecule has 1 aromatic rings. The summed E-state index contributed by atoms with van der Waals surface area (Å²) in [7, 11) is 0. The van der Waals surface area contributed by atoms with Crippen molar-refractivity contribution in [1.82, 2.24) is 4.90 Å². The molecule has 0 saturated heterocycles. The van der Waals surface area contributed by atoms with Crippen LogP contribution >= 0.6 is 0 Å². The molecule has 21 heavy (non-hydrogen) atoms. The van der Waals surface area contributed by atoms with E-state index in [1.165, 1.54) is 37.7 Å². The van der Waals surface area contributed by atoms with E-state index in [9.17, 15) is 4.79 Å². The van der Waals surface area contributed by atoms with Crippen LogP contribution in [0.25, 0.3) is 0 Å². The number of carboxylic acids is 1. The normalized spacial score (nSPS) is 11.0. The van der Waals surface area contributed by atoms with Gasteiger partial charge in [0, 0.05) is 13.1 Å². The van der Waals surface area contributed by atoms with E-state index < -0.39 is 5.97 Å². The molecule has 1 N–H and O–H groups in total. The molecule has 0 bridgehead atoms. The van der Waals surface area contributed by atoms with Crippen LogP contribution in [0.2, 0.25) is 0 Å². The quantitative estimate of drug-likeness (QED) is 0.592. The van der Waals surface area contributed by atoms with Crippen LogP contribution in [0, 0.1) is 0 Å². The van der Waals surface area contributed by atoms with Crippen LogP contribution in [0.5, 0.6) is 0 Å². The van der Waals surface area contributed by atoms with Crippen LogP contribution in [-0.2, 0) is 11.2 Å². The Labute approximate surface area is 129 Å². The summed E-state index contributed by atoms with van der Waals surface area (Å²) in [5.41, 5.74) is 1.32. The van der Waals surface area contributed by atoms with E-state index in [4.69, 9.17) is 5.11 Å². The SMILES string of the molecule is CCCCCCCN(CCC(=O)O)CCc1ccccc1. The number of rotatable bonds is 12. The first kappa shape index (κ1) is 17.7. The van der Waals surface area contributed by atoms with Gasteiger partial charge in [-0.2, -0.15) is 0 Å². The highest BCUT2D eigenvalue weighted by molar-refractivity contribution is 5.66. The van der Waals surface area contributed by atoms with E-state index in [0.29, 0.717) is 6.54 Å². The Morgan fingerprint density at radius 3 is 2.38 bits per heavy atom. The van der Waals surface area contributed by atoms with Gasteiger partial charge in [0.05, 0.1) is 6.42 Å². The Morgan fingerprint density at radius 1 is 1.00 bits per heavy atom. The third-order valence-corrected chi connectivity index (χ3v) is 3.78. The molecule has 0 atom stereocenters. The summed E-state index contributed by atoms with van der Waals surface area (Å²) < 4.78 is 0. The Bertz CT molecular complexity index is 378. The molecule has 0 aliphatic rings. The molecule has 0 unspecified atom stereocenters. The Balaban J connectivity index is 2.31. The van der Waals surface area contributed by atoms with Crippen molar-refractivity contribution in [3.8, 4) is 0 Å². The summed E-state index contributed by atoms with van der Waals surface area (Å²) in [6.45, 7) is 4.85. The van der Waals surface area contributed by atoms with Gasteiger partial charge in [-0.1, -0.05) is 62.9 Å². The molecule has 0 amide bonds. The van der Waals surface area contributed by atoms with Crippen LogP contribution < -0.4 is 0 Å². The summed E-state index contributed by atoms with van der Waals surface area (Å²) >= 11 is 0. The number of benzene rings is 1. The van der Waals surface area contributed by atoms with Gasteiger partial charge in [0.15, 0.2) is 0 Å². The van der Waals surface area contributed by atoms with E-state index >= 15 is 0 Å². The number of nitrogens with zero attached hydrogens (tertiary/aromatic N) is 1. The van der Waals surface area contributed by atoms with Crippen LogP contribution in [0.3, 0.4) is 0 Å². The third kappa shape index (κ3) is 9.24. The van der Waals surface area contributed by atoms with E-state index in [2.05, 4.69) is 36.1 Å². The van der Waals surface area contributed by atoms with E-state index in [1.54, 1.807) is 0 Å². The maximum Gasteiger partial charge on any atom is 0.304 e. The minimum absolute atomic E-state index is 0.240. The van der Waals surface area contributed by atoms with Crippen molar-refractivity contribution in [3.05, 3.63) is 35.9 Å². The minimum atomic E-state index is -0.703. The van der Waals surface area contributed by atoms with Crippen molar-refractivity contribution >= 4 is 5.97 Å². The first-order chi connectivity index (χ1) is 10.2. The van der Waals surface area contributed by atoms with Crippen molar-refractivity contribution in [2.75, 3.05) is 19.6 Å². The van der Waals surface area contributed by atoms with Gasteiger partial charge in [0.1, 0.15) is 0 Å². The molecule has 1 aromatic carbocycles. The molecule has 0 aliphatic carbocycles. The average Bonchev–Trinajstić information content (AvgIpc) is 2.50. The molecular formula is C18H29NO2. The predicted molar refractivity (Wildman–Crippen MR) is 87.6 cm³/mol. The zero-order valence-corrected chi connectivity index (χ0v) is 13.3. The smallest absolute Gasteiger partial charge is 0.304 e. The second-order valence-electron chi connectivity index (χ2n) is 5.64. The molecule has 0 fully saturated rings. The van der Waals surface area contributed by atoms with Crippen molar-refractivity contribution in [1.29, 1.82) is 0 Å². The van der Waals surface area contributed by atoms with Gasteiger partial charge in [-0.3, -0.25) is 4.79 Å². The van der Waals surface area contributed by atoms with Crippen molar-refractivity contribution in [2.24, 2.45) is 0 Å². The number of carbonyl (C=O) groups is 1. The van der Waals surface area contributed by atoms with Crippen LogP contribution in [0.1, 0.15) is 51.0 Å². The van der Waals surface area contributed by atoms with Crippen LogP contribution in [-0.4, -0.2) is 35.6 Å². The predicted octanol–water partition coefficient (Wildman–Crippen LogP) is 3.98. The van der Waals surface area contributed by atoms with Gasteiger partial charge < -0.3 is 10.0 Å². The minimum Gasteiger partial charge on any atom is -0.481 e. The maximum absolute atomic E-state index is 10.8. The van der Waals surface area contributed by atoms with Crippen molar-refractivity contribution < 1.29 is 9.90 Å². The number of unbranched alkanes of at least 4 members (excludes halogenated alkanes) is 4. The molecule has 3 heteroatoms. The monoisotopic (exact) mass is 291 g/mol. The Kier molecular flexibility index (Phi) is 9.55. The van der Waals surface area contributed by atoms with Crippen molar-refractivity contribution in [3.63, 3.8) is 0 Å². The second kappa shape index (κ2) is 11.3. The molecule has 118 valence electrons. The average molecular weight is 291 g/mol. The van der Waals surface area contributed by atoms with E-state index in [-0.39, 0.29) is 6.42 Å². The summed E-state index contributed by atoms with van der Waals surface area (Å²) in [4.78, 5) is 13.1. The van der Waals surface area contributed by atoms with Crippen LogP contribution in [0.4, 0.5) is 0 Å². The van der Waals surface area contributed by atoms with E-state index in [1.807, 2.05) is 6.07 Å². The molecule has 3 nitrogen and oxygen atoms in total. The summed E-state index contributed by atoms with van der Waals surface area (Å²) in [5, 5.41) is 8.86. The third-order valence-electron chi connectivity index (χ3n) is 3.78. The standard InChI is InChI=1S/C18H29NO2/c1-2-3-4-5-9-14-19(16-13-18(20)21)15-12-17-10-7-6-8-11-17/h6-8,10-11H,2-5,9,12-16H2,1H3,(H,20,21). The lowest BCUT2D eigenvalue weighted by Crippen LogP contribution is -2.29. The molecule has 0 aromatic heterocycles. The molecule has 1 rings (SSSR count). The summed E-state index contributed by atoms with van der Waals surface area (Å²) in [6, 6.07) is 10.4. The van der Waals surface area contributed by atoms with Gasteiger partial charge in [-0.15, -0.1) is 0 Å². The first-order valence-corrected chi connectivity index (χ1v) is 8.20. The molecule has 0 saturated carbocycles. The zero-order chi connectivity index (χ0) is 15.3. The largest absolute Gasteiger partial charge is 0.481 e. The van der Waals surface area contributed by atoms with Gasteiger partial charge in [0.2, 0.25) is 0 Å². The van der Waals surface area contributed by atoms with E-state index in [0.717, 1.165) is 19.5 Å². The second-order valence-corrected chi connectivity index (χ2v) is 5.64. The molecular weight excluding hydrogens is 262 g/mol. The molecule has 0 aliphatic heterocycles. The van der Waals surface area contributed by atoms with Gasteiger partial charge >= 0.3 is 5.97 Å². The molecule has 0 spiro atoms. The Morgan fingerprint density at radius 2 is 1.71 bits per heavy atom. The summed E-state index contributed by atoms with van der Waals surface area (Å²) in [6.07, 6.45) is 7.52. The highest BCUT2D eigenvalue weighted by Crippen LogP contribution is 2.06. The molecule has 0 radical (unpaired) electrons. The van der Waals surface area contributed by atoms with Crippen molar-refractivity contribution in [2.45, 2.75) is 51.9 Å². The fraction of sp³-hybridized carbons (Fsp3) is 0.611. The van der Waals surface area contributed by atoms with Gasteiger partial charge in [-0.05, 0) is 24.9 Å². The first-order valence-electron chi connectivity index (χ1n) is 8.20. The summed E-state index contributed by atoms with van der Waals surface area (Å²) in [5.74, 6) is -0.703. The van der Waals surface area contributed by atoms with Crippen LogP contribution in [0.15, 0.2) is 30.3 Å². The fourth-order valence-corrected chi connectivity index (χ4v) is 2.46. The lowest BCUT2D eigenvalue weighted by atomic mass is 10.1. The maximum atomic E-state index is 10.8. The molecule has 0 heterocycles. The van der Waals surface area contributed by atoms with Gasteiger partial charge in [0.25, 0.3) is 0 Å². The number of aliphatic carboxylic acids is 1. The highest BCUT2D eigenvalue weighted by atomic mass is 16.4. The highest BCUT2D eigenvalue weighted by Gasteiger charge is 2.07. The number of hydrogen-bond acceptors (Lipinski definition) is 2. The zero-order valence-electron chi connectivity index (χ0n) is 13.3. The lowest BCUT2D eigenvalue weighted by molar-refractivity contribution is -0.137. The number of carboxylic acid groups (broad SMARTS) is 1. The lowest BCUT2D eigenvalue weighted by Gasteiger charge is -2.21.